The second-order valence-corrected chi connectivity index (χ2v) is 7.50. The molecule has 0 radical (unpaired) electrons. The maximum Gasteiger partial charge on any atom is 0.0969 e. The first kappa shape index (κ1) is 19.1. The van der Waals surface area contributed by atoms with Crippen LogP contribution in [-0.4, -0.2) is 0 Å². The number of hydrogen-bond acceptors (Lipinski definition) is 0. The summed E-state index contributed by atoms with van der Waals surface area (Å²) >= 11 is 7.30. The third kappa shape index (κ3) is 4.86. The molecule has 0 aliphatic heterocycles. The SMILES string of the molecule is CCCCCCCCC(C)C(Cl)(c1ccccc1)c1ccccc1. The normalized spacial score (nSPS) is 13.0. The topological polar surface area (TPSA) is 0 Å². The van der Waals surface area contributed by atoms with Crippen LogP contribution in [0.15, 0.2) is 60.7 Å². The Labute approximate surface area is 153 Å². The molecule has 0 spiro atoms. The van der Waals surface area contributed by atoms with E-state index in [1.165, 1.54) is 56.1 Å². The molecular formula is C23H31Cl. The first-order valence-corrected chi connectivity index (χ1v) is 9.87. The highest BCUT2D eigenvalue weighted by Crippen LogP contribution is 2.45. The van der Waals surface area contributed by atoms with Crippen LogP contribution < -0.4 is 0 Å². The molecule has 0 nitrogen and oxygen atoms in total. The lowest BCUT2D eigenvalue weighted by Gasteiger charge is -2.35. The molecule has 0 aromatic heterocycles. The van der Waals surface area contributed by atoms with Gasteiger partial charge in [0.1, 0.15) is 0 Å². The van der Waals surface area contributed by atoms with Crippen molar-refractivity contribution in [2.24, 2.45) is 5.92 Å². The van der Waals surface area contributed by atoms with Crippen LogP contribution in [-0.2, 0) is 4.87 Å². The van der Waals surface area contributed by atoms with Gasteiger partial charge in [0.25, 0.3) is 0 Å². The summed E-state index contributed by atoms with van der Waals surface area (Å²) in [6, 6.07) is 21.1. The summed E-state index contributed by atoms with van der Waals surface area (Å²) in [5, 5.41) is 0. The van der Waals surface area contributed by atoms with E-state index in [1.54, 1.807) is 0 Å². The van der Waals surface area contributed by atoms with E-state index in [2.05, 4.69) is 74.5 Å². The molecule has 0 heterocycles. The van der Waals surface area contributed by atoms with Crippen LogP contribution >= 0.6 is 11.6 Å². The third-order valence-corrected chi connectivity index (χ3v) is 5.87. The van der Waals surface area contributed by atoms with Crippen LogP contribution in [0.5, 0.6) is 0 Å². The molecule has 1 heteroatoms. The van der Waals surface area contributed by atoms with Crippen LogP contribution in [0.2, 0.25) is 0 Å². The van der Waals surface area contributed by atoms with Gasteiger partial charge in [-0.1, -0.05) is 113 Å². The second-order valence-electron chi connectivity index (χ2n) is 6.90. The minimum atomic E-state index is -0.439. The highest BCUT2D eigenvalue weighted by atomic mass is 35.5. The fraction of sp³-hybridized carbons (Fsp3) is 0.478. The molecule has 0 fully saturated rings. The quantitative estimate of drug-likeness (QED) is 0.308. The average Bonchev–Trinajstić information content (AvgIpc) is 2.65. The van der Waals surface area contributed by atoms with E-state index in [9.17, 15) is 0 Å². The van der Waals surface area contributed by atoms with Crippen molar-refractivity contribution >= 4 is 11.6 Å². The minimum Gasteiger partial charge on any atom is -0.109 e. The maximum absolute atomic E-state index is 7.30. The van der Waals surface area contributed by atoms with Gasteiger partial charge in [0.05, 0.1) is 4.87 Å². The Morgan fingerprint density at radius 1 is 0.750 bits per heavy atom. The van der Waals surface area contributed by atoms with Gasteiger partial charge in [0.15, 0.2) is 0 Å². The standard InChI is InChI=1S/C23H31Cl/c1-3-4-5-6-7-10-15-20(2)23(24,21-16-11-8-12-17-21)22-18-13-9-14-19-22/h8-9,11-14,16-20H,3-7,10,15H2,1-2H3. The Balaban J connectivity index is 2.09. The van der Waals surface area contributed by atoms with Crippen LogP contribution in [0.25, 0.3) is 0 Å². The van der Waals surface area contributed by atoms with Crippen molar-refractivity contribution in [3.05, 3.63) is 71.8 Å². The summed E-state index contributed by atoms with van der Waals surface area (Å²) in [5.74, 6) is 0.398. The zero-order valence-corrected chi connectivity index (χ0v) is 15.9. The number of rotatable bonds is 10. The van der Waals surface area contributed by atoms with Gasteiger partial charge in [-0.3, -0.25) is 0 Å². The van der Waals surface area contributed by atoms with Crippen molar-refractivity contribution in [3.63, 3.8) is 0 Å². The maximum atomic E-state index is 7.30. The molecule has 0 N–H and O–H groups in total. The van der Waals surface area contributed by atoms with Crippen molar-refractivity contribution in [3.8, 4) is 0 Å². The lowest BCUT2D eigenvalue weighted by atomic mass is 9.78. The molecule has 2 aromatic rings. The number of benzene rings is 2. The molecule has 130 valence electrons. The monoisotopic (exact) mass is 342 g/mol. The van der Waals surface area contributed by atoms with Crippen LogP contribution in [0.1, 0.15) is 69.9 Å². The van der Waals surface area contributed by atoms with Gasteiger partial charge >= 0.3 is 0 Å². The predicted molar refractivity (Wildman–Crippen MR) is 107 cm³/mol. The van der Waals surface area contributed by atoms with E-state index in [-0.39, 0.29) is 0 Å². The molecule has 2 aromatic carbocycles. The lowest BCUT2D eigenvalue weighted by molar-refractivity contribution is 0.407. The zero-order valence-electron chi connectivity index (χ0n) is 15.2. The Kier molecular flexibility index (Phi) is 7.85. The van der Waals surface area contributed by atoms with E-state index >= 15 is 0 Å². The van der Waals surface area contributed by atoms with Gasteiger partial charge in [0, 0.05) is 0 Å². The summed E-state index contributed by atoms with van der Waals surface area (Å²) in [5.41, 5.74) is 2.41. The molecular weight excluding hydrogens is 312 g/mol. The third-order valence-electron chi connectivity index (χ3n) is 5.06. The van der Waals surface area contributed by atoms with E-state index < -0.39 is 4.87 Å². The van der Waals surface area contributed by atoms with Gasteiger partial charge in [0.2, 0.25) is 0 Å². The minimum absolute atomic E-state index is 0.398. The summed E-state index contributed by atoms with van der Waals surface area (Å²) in [7, 11) is 0. The Hall–Kier alpha value is -1.27. The van der Waals surface area contributed by atoms with Gasteiger partial charge in [-0.15, -0.1) is 11.6 Å². The summed E-state index contributed by atoms with van der Waals surface area (Å²) < 4.78 is 0. The largest absolute Gasteiger partial charge is 0.109 e. The predicted octanol–water partition coefficient (Wildman–Crippen LogP) is 7.56. The summed E-state index contributed by atoms with van der Waals surface area (Å²) in [6.45, 7) is 4.57. The Morgan fingerprint density at radius 2 is 1.21 bits per heavy atom. The van der Waals surface area contributed by atoms with Gasteiger partial charge in [-0.25, -0.2) is 0 Å². The highest BCUT2D eigenvalue weighted by Gasteiger charge is 2.37. The molecule has 1 atom stereocenters. The summed E-state index contributed by atoms with van der Waals surface area (Å²) in [6.07, 6.45) is 9.15. The fourth-order valence-corrected chi connectivity index (χ4v) is 3.89. The van der Waals surface area contributed by atoms with E-state index in [0.29, 0.717) is 5.92 Å². The van der Waals surface area contributed by atoms with E-state index in [4.69, 9.17) is 11.6 Å². The molecule has 0 amide bonds. The number of unbranched alkanes of at least 4 members (excludes halogenated alkanes) is 5. The van der Waals surface area contributed by atoms with Gasteiger partial charge in [-0.2, -0.15) is 0 Å². The van der Waals surface area contributed by atoms with Crippen molar-refractivity contribution in [2.75, 3.05) is 0 Å². The molecule has 0 saturated heterocycles. The molecule has 0 bridgehead atoms. The fourth-order valence-electron chi connectivity index (χ4n) is 3.53. The molecule has 24 heavy (non-hydrogen) atoms. The highest BCUT2D eigenvalue weighted by molar-refractivity contribution is 6.26. The molecule has 0 aliphatic rings. The Bertz CT molecular complexity index is 522. The number of alkyl halides is 1. The molecule has 0 saturated carbocycles. The zero-order chi connectivity index (χ0) is 17.3. The van der Waals surface area contributed by atoms with Gasteiger partial charge in [-0.05, 0) is 23.5 Å². The van der Waals surface area contributed by atoms with Crippen LogP contribution in [0.4, 0.5) is 0 Å². The van der Waals surface area contributed by atoms with Gasteiger partial charge < -0.3 is 0 Å². The van der Waals surface area contributed by atoms with E-state index in [1.807, 2.05) is 0 Å². The van der Waals surface area contributed by atoms with E-state index in [0.717, 1.165) is 0 Å². The number of halogens is 1. The summed E-state index contributed by atoms with van der Waals surface area (Å²) in [4.78, 5) is -0.439. The first-order valence-electron chi connectivity index (χ1n) is 9.49. The van der Waals surface area contributed by atoms with Crippen molar-refractivity contribution in [1.29, 1.82) is 0 Å². The molecule has 1 unspecified atom stereocenters. The Morgan fingerprint density at radius 3 is 1.71 bits per heavy atom. The first-order chi connectivity index (χ1) is 11.7. The second kappa shape index (κ2) is 9.89. The lowest BCUT2D eigenvalue weighted by Crippen LogP contribution is -2.29. The molecule has 0 aliphatic carbocycles. The van der Waals surface area contributed by atoms with Crippen molar-refractivity contribution < 1.29 is 0 Å². The smallest absolute Gasteiger partial charge is 0.0969 e. The van der Waals surface area contributed by atoms with Crippen LogP contribution in [0, 0.1) is 5.92 Å². The van der Waals surface area contributed by atoms with Crippen molar-refractivity contribution in [1.82, 2.24) is 0 Å². The van der Waals surface area contributed by atoms with Crippen molar-refractivity contribution in [2.45, 2.75) is 63.7 Å². The number of hydrogen-bond donors (Lipinski definition) is 0. The molecule has 2 rings (SSSR count). The average molecular weight is 343 g/mol. The van der Waals surface area contributed by atoms with Crippen LogP contribution in [0.3, 0.4) is 0 Å².